The van der Waals surface area contributed by atoms with Crippen molar-refractivity contribution in [2.45, 2.75) is 58.9 Å². The number of nitrogens with zero attached hydrogens (tertiary/aromatic N) is 2. The van der Waals surface area contributed by atoms with Crippen molar-refractivity contribution in [3.8, 4) is 0 Å². The van der Waals surface area contributed by atoms with E-state index >= 15 is 0 Å². The van der Waals surface area contributed by atoms with Gasteiger partial charge in [0.25, 0.3) is 0 Å². The quantitative estimate of drug-likeness (QED) is 0.789. The maximum Gasteiger partial charge on any atom is 0.185 e. The van der Waals surface area contributed by atoms with Gasteiger partial charge in [-0.25, -0.2) is 4.98 Å². The van der Waals surface area contributed by atoms with Gasteiger partial charge < -0.3 is 10.6 Å². The number of rotatable bonds is 8. The maximum atomic E-state index is 5.90. The summed E-state index contributed by atoms with van der Waals surface area (Å²) in [6.45, 7) is 9.65. The van der Waals surface area contributed by atoms with Gasteiger partial charge in [-0.1, -0.05) is 20.8 Å². The first-order valence-corrected chi connectivity index (χ1v) is 8.45. The average Bonchev–Trinajstić information content (AvgIpc) is 3.13. The predicted octanol–water partition coefficient (Wildman–Crippen LogP) is 3.74. The normalized spacial score (nSPS) is 16.6. The molecule has 0 spiro atoms. The predicted molar refractivity (Wildman–Crippen MR) is 83.9 cm³/mol. The summed E-state index contributed by atoms with van der Waals surface area (Å²) in [4.78, 5) is 8.67. The lowest BCUT2D eigenvalue weighted by atomic mass is 10.0. The second-order valence-corrected chi connectivity index (χ2v) is 6.77. The van der Waals surface area contributed by atoms with Crippen molar-refractivity contribution in [1.82, 2.24) is 4.98 Å². The van der Waals surface area contributed by atoms with Crippen LogP contribution in [0.2, 0.25) is 0 Å². The molecular formula is C15H27N3S. The fourth-order valence-electron chi connectivity index (χ4n) is 2.36. The van der Waals surface area contributed by atoms with Crippen LogP contribution in [0.15, 0.2) is 0 Å². The number of anilines is 1. The Morgan fingerprint density at radius 1 is 1.42 bits per heavy atom. The van der Waals surface area contributed by atoms with Gasteiger partial charge in [-0.2, -0.15) is 0 Å². The molecule has 0 bridgehead atoms. The van der Waals surface area contributed by atoms with Gasteiger partial charge in [-0.3, -0.25) is 0 Å². The highest BCUT2D eigenvalue weighted by molar-refractivity contribution is 7.15. The first kappa shape index (κ1) is 14.8. The maximum absolute atomic E-state index is 5.90. The van der Waals surface area contributed by atoms with E-state index in [0.29, 0.717) is 12.5 Å². The Kier molecular flexibility index (Phi) is 5.22. The summed E-state index contributed by atoms with van der Waals surface area (Å²) in [5.74, 6) is 1.43. The van der Waals surface area contributed by atoms with Crippen molar-refractivity contribution >= 4 is 16.5 Å². The molecule has 3 nitrogen and oxygen atoms in total. The molecule has 1 saturated carbocycles. The standard InChI is InChI=1S/C15H27N3S/c1-4-8-18(10-12-6-7-12)15-17-14(11(3)5-2)13(9-16)19-15/h11-12H,4-10,16H2,1-3H3. The zero-order valence-electron chi connectivity index (χ0n) is 12.5. The molecule has 0 radical (unpaired) electrons. The summed E-state index contributed by atoms with van der Waals surface area (Å²) in [7, 11) is 0. The van der Waals surface area contributed by atoms with E-state index < -0.39 is 0 Å². The molecule has 1 aliphatic rings. The highest BCUT2D eigenvalue weighted by atomic mass is 32.1. The van der Waals surface area contributed by atoms with Crippen molar-refractivity contribution in [3.05, 3.63) is 10.6 Å². The van der Waals surface area contributed by atoms with Crippen molar-refractivity contribution in [2.75, 3.05) is 18.0 Å². The molecule has 4 heteroatoms. The van der Waals surface area contributed by atoms with Crippen LogP contribution in [-0.2, 0) is 6.54 Å². The molecule has 1 heterocycles. The van der Waals surface area contributed by atoms with Gasteiger partial charge in [-0.15, -0.1) is 11.3 Å². The zero-order valence-corrected chi connectivity index (χ0v) is 13.3. The van der Waals surface area contributed by atoms with E-state index in [1.54, 1.807) is 0 Å². The first-order chi connectivity index (χ1) is 9.19. The topological polar surface area (TPSA) is 42.2 Å². The van der Waals surface area contributed by atoms with Gasteiger partial charge in [-0.05, 0) is 37.5 Å². The second kappa shape index (κ2) is 6.71. The smallest absolute Gasteiger partial charge is 0.185 e. The highest BCUT2D eigenvalue weighted by Crippen LogP contribution is 2.35. The number of hydrogen-bond acceptors (Lipinski definition) is 4. The molecule has 2 N–H and O–H groups in total. The Morgan fingerprint density at radius 3 is 2.68 bits per heavy atom. The Hall–Kier alpha value is -0.610. The SMILES string of the molecule is CCCN(CC1CC1)c1nc(C(C)CC)c(CN)s1. The second-order valence-electron chi connectivity index (χ2n) is 5.71. The molecule has 1 unspecified atom stereocenters. The molecule has 1 fully saturated rings. The highest BCUT2D eigenvalue weighted by Gasteiger charge is 2.26. The Morgan fingerprint density at radius 2 is 2.16 bits per heavy atom. The van der Waals surface area contributed by atoms with Crippen LogP contribution >= 0.6 is 11.3 Å². The van der Waals surface area contributed by atoms with Gasteiger partial charge in [0, 0.05) is 24.5 Å². The van der Waals surface area contributed by atoms with Crippen LogP contribution in [0.5, 0.6) is 0 Å². The average molecular weight is 281 g/mol. The molecular weight excluding hydrogens is 254 g/mol. The van der Waals surface area contributed by atoms with E-state index in [2.05, 4.69) is 25.7 Å². The Balaban J connectivity index is 2.18. The lowest BCUT2D eigenvalue weighted by Crippen LogP contribution is -2.26. The summed E-state index contributed by atoms with van der Waals surface area (Å²) in [5.41, 5.74) is 7.13. The fourth-order valence-corrected chi connectivity index (χ4v) is 3.45. The third kappa shape index (κ3) is 3.69. The van der Waals surface area contributed by atoms with Crippen LogP contribution < -0.4 is 10.6 Å². The van der Waals surface area contributed by atoms with Crippen molar-refractivity contribution < 1.29 is 0 Å². The van der Waals surface area contributed by atoms with E-state index in [4.69, 9.17) is 10.7 Å². The zero-order chi connectivity index (χ0) is 13.8. The molecule has 2 rings (SSSR count). The molecule has 1 aromatic rings. The van der Waals surface area contributed by atoms with Gasteiger partial charge >= 0.3 is 0 Å². The van der Waals surface area contributed by atoms with Crippen molar-refractivity contribution in [2.24, 2.45) is 11.7 Å². The number of aromatic nitrogens is 1. The monoisotopic (exact) mass is 281 g/mol. The van der Waals surface area contributed by atoms with E-state index in [-0.39, 0.29) is 0 Å². The number of hydrogen-bond donors (Lipinski definition) is 1. The van der Waals surface area contributed by atoms with E-state index in [0.717, 1.165) is 18.9 Å². The molecule has 0 aromatic carbocycles. The van der Waals surface area contributed by atoms with Crippen LogP contribution in [0.3, 0.4) is 0 Å². The summed E-state index contributed by atoms with van der Waals surface area (Å²) in [6.07, 6.45) is 5.11. The number of thiazole rings is 1. The van der Waals surface area contributed by atoms with E-state index in [1.807, 2.05) is 11.3 Å². The summed E-state index contributed by atoms with van der Waals surface area (Å²) < 4.78 is 0. The van der Waals surface area contributed by atoms with Crippen LogP contribution in [-0.4, -0.2) is 18.1 Å². The molecule has 1 aliphatic carbocycles. The molecule has 1 aromatic heterocycles. The van der Waals surface area contributed by atoms with E-state index in [9.17, 15) is 0 Å². The Labute approximate surface area is 121 Å². The summed E-state index contributed by atoms with van der Waals surface area (Å²) in [5, 5.41) is 1.20. The van der Waals surface area contributed by atoms with Crippen LogP contribution in [0.25, 0.3) is 0 Å². The molecule has 19 heavy (non-hydrogen) atoms. The lowest BCUT2D eigenvalue weighted by Gasteiger charge is -2.20. The lowest BCUT2D eigenvalue weighted by molar-refractivity contribution is 0.685. The van der Waals surface area contributed by atoms with Crippen molar-refractivity contribution in [1.29, 1.82) is 0 Å². The largest absolute Gasteiger partial charge is 0.348 e. The van der Waals surface area contributed by atoms with Gasteiger partial charge in [0.05, 0.1) is 5.69 Å². The van der Waals surface area contributed by atoms with Gasteiger partial charge in [0.15, 0.2) is 5.13 Å². The molecule has 1 atom stereocenters. The third-order valence-corrected chi connectivity index (χ3v) is 5.07. The summed E-state index contributed by atoms with van der Waals surface area (Å²) in [6, 6.07) is 0. The molecule has 0 aliphatic heterocycles. The minimum Gasteiger partial charge on any atom is -0.348 e. The van der Waals surface area contributed by atoms with Crippen molar-refractivity contribution in [3.63, 3.8) is 0 Å². The fraction of sp³-hybridized carbons (Fsp3) is 0.800. The van der Waals surface area contributed by atoms with Crippen LogP contribution in [0.1, 0.15) is 62.9 Å². The molecule has 108 valence electrons. The third-order valence-electron chi connectivity index (χ3n) is 3.92. The minimum atomic E-state index is 0.521. The van der Waals surface area contributed by atoms with Crippen LogP contribution in [0.4, 0.5) is 5.13 Å². The minimum absolute atomic E-state index is 0.521. The van der Waals surface area contributed by atoms with E-state index in [1.165, 1.54) is 41.5 Å². The van der Waals surface area contributed by atoms with Crippen LogP contribution in [0, 0.1) is 5.92 Å². The number of nitrogens with two attached hydrogens (primary N) is 1. The van der Waals surface area contributed by atoms with Gasteiger partial charge in [0.1, 0.15) is 0 Å². The molecule has 0 amide bonds. The molecule has 0 saturated heterocycles. The Bertz CT molecular complexity index is 398. The first-order valence-electron chi connectivity index (χ1n) is 7.64. The summed E-state index contributed by atoms with van der Waals surface area (Å²) >= 11 is 1.81. The van der Waals surface area contributed by atoms with Gasteiger partial charge in [0.2, 0.25) is 0 Å².